The normalized spacial score (nSPS) is 10.4. The summed E-state index contributed by atoms with van der Waals surface area (Å²) in [5, 5.41) is 18.8. The molecule has 0 aliphatic carbocycles. The second-order valence-electron chi connectivity index (χ2n) is 5.97. The Morgan fingerprint density at radius 2 is 1.97 bits per heavy atom. The van der Waals surface area contributed by atoms with Crippen molar-refractivity contribution in [3.63, 3.8) is 0 Å². The van der Waals surface area contributed by atoms with Crippen molar-refractivity contribution < 1.29 is 19.2 Å². The van der Waals surface area contributed by atoms with E-state index in [1.54, 1.807) is 25.2 Å². The Morgan fingerprint density at radius 1 is 1.24 bits per heavy atom. The molecule has 1 heterocycles. The van der Waals surface area contributed by atoms with Crippen LogP contribution in [0.15, 0.2) is 48.5 Å². The summed E-state index contributed by atoms with van der Waals surface area (Å²) in [7, 11) is 3.09. The van der Waals surface area contributed by atoms with Crippen LogP contribution in [0.4, 0.5) is 11.5 Å². The second kappa shape index (κ2) is 8.61. The predicted octanol–water partition coefficient (Wildman–Crippen LogP) is 3.67. The molecule has 3 aromatic rings. The molecule has 0 aliphatic heterocycles. The van der Waals surface area contributed by atoms with E-state index in [4.69, 9.17) is 21.1 Å². The average Bonchev–Trinajstić information content (AvgIpc) is 3.07. The van der Waals surface area contributed by atoms with Crippen LogP contribution in [0, 0.1) is 10.1 Å². The van der Waals surface area contributed by atoms with Crippen molar-refractivity contribution in [1.29, 1.82) is 0 Å². The Hall–Kier alpha value is -3.59. The van der Waals surface area contributed by atoms with Gasteiger partial charge in [0.05, 0.1) is 23.8 Å². The lowest BCUT2D eigenvalue weighted by Crippen LogP contribution is -2.21. The van der Waals surface area contributed by atoms with Crippen molar-refractivity contribution in [2.45, 2.75) is 0 Å². The van der Waals surface area contributed by atoms with Gasteiger partial charge in [-0.3, -0.25) is 19.6 Å². The monoisotopic (exact) mass is 416 g/mol. The van der Waals surface area contributed by atoms with Crippen molar-refractivity contribution in [1.82, 2.24) is 9.78 Å². The van der Waals surface area contributed by atoms with E-state index in [1.807, 2.05) is 12.1 Å². The molecule has 0 spiro atoms. The maximum atomic E-state index is 12.2. The minimum Gasteiger partial charge on any atom is -0.496 e. The van der Waals surface area contributed by atoms with Gasteiger partial charge in [-0.25, -0.2) is 0 Å². The number of nitrogens with zero attached hydrogens (tertiary/aromatic N) is 3. The van der Waals surface area contributed by atoms with Gasteiger partial charge in [0.1, 0.15) is 11.6 Å². The lowest BCUT2D eigenvalue weighted by atomic mass is 10.1. The van der Waals surface area contributed by atoms with E-state index < -0.39 is 17.4 Å². The first-order valence-corrected chi connectivity index (χ1v) is 8.80. The molecule has 1 amide bonds. The number of rotatable bonds is 7. The molecule has 0 aliphatic rings. The highest BCUT2D eigenvalue weighted by Crippen LogP contribution is 2.31. The Kier molecular flexibility index (Phi) is 5.99. The molecular weight excluding hydrogens is 400 g/mol. The fraction of sp³-hybridized carbons (Fsp3) is 0.158. The maximum absolute atomic E-state index is 12.2. The number of aryl methyl sites for hydroxylation is 1. The van der Waals surface area contributed by atoms with Crippen LogP contribution in [0.5, 0.6) is 11.5 Å². The number of nitro groups is 1. The van der Waals surface area contributed by atoms with Gasteiger partial charge in [-0.05, 0) is 24.3 Å². The molecule has 1 aromatic heterocycles. The fourth-order valence-electron chi connectivity index (χ4n) is 2.56. The van der Waals surface area contributed by atoms with Gasteiger partial charge in [-0.2, -0.15) is 5.10 Å². The van der Waals surface area contributed by atoms with E-state index in [0.29, 0.717) is 22.3 Å². The summed E-state index contributed by atoms with van der Waals surface area (Å²) in [6.45, 7) is -0.408. The van der Waals surface area contributed by atoms with Crippen LogP contribution < -0.4 is 14.8 Å². The molecule has 10 heteroatoms. The molecule has 0 atom stereocenters. The standard InChI is InChI=1S/C19H17ClN4O5/c1-23-18(10-15(22-23)12-3-5-13(20)6-4-12)21-19(25)11-29-17-8-7-14(28-2)9-16(17)24(26)27/h3-10H,11H2,1-2H3,(H,21,25). The van der Waals surface area contributed by atoms with Crippen molar-refractivity contribution >= 4 is 29.0 Å². The number of nitrogens with one attached hydrogen (secondary N) is 1. The van der Waals surface area contributed by atoms with Crippen LogP contribution in [0.2, 0.25) is 5.02 Å². The van der Waals surface area contributed by atoms with Crippen molar-refractivity contribution in [3.8, 4) is 22.8 Å². The molecule has 0 saturated heterocycles. The number of carbonyl (C=O) groups is 1. The van der Waals surface area contributed by atoms with Crippen molar-refractivity contribution in [2.75, 3.05) is 19.0 Å². The molecule has 150 valence electrons. The summed E-state index contributed by atoms with van der Waals surface area (Å²) < 4.78 is 11.8. The molecule has 2 aromatic carbocycles. The molecule has 0 unspecified atom stereocenters. The highest BCUT2D eigenvalue weighted by atomic mass is 35.5. The number of aromatic nitrogens is 2. The summed E-state index contributed by atoms with van der Waals surface area (Å²) in [6, 6.07) is 13.0. The van der Waals surface area contributed by atoms with E-state index >= 15 is 0 Å². The zero-order valence-corrected chi connectivity index (χ0v) is 16.3. The molecule has 9 nitrogen and oxygen atoms in total. The van der Waals surface area contributed by atoms with Gasteiger partial charge in [-0.1, -0.05) is 23.7 Å². The first-order chi connectivity index (χ1) is 13.9. The average molecular weight is 417 g/mol. The Bertz CT molecular complexity index is 1050. The van der Waals surface area contributed by atoms with Gasteiger partial charge in [-0.15, -0.1) is 0 Å². The summed E-state index contributed by atoms with van der Waals surface area (Å²) in [4.78, 5) is 22.8. The van der Waals surface area contributed by atoms with Crippen LogP contribution in [-0.4, -0.2) is 34.3 Å². The molecule has 0 radical (unpaired) electrons. The van der Waals surface area contributed by atoms with Crippen LogP contribution >= 0.6 is 11.6 Å². The fourth-order valence-corrected chi connectivity index (χ4v) is 2.68. The van der Waals surface area contributed by atoms with Gasteiger partial charge in [0.25, 0.3) is 5.91 Å². The Labute approximate surface area is 171 Å². The molecule has 3 rings (SSSR count). The predicted molar refractivity (Wildman–Crippen MR) is 107 cm³/mol. The number of amides is 1. The lowest BCUT2D eigenvalue weighted by Gasteiger charge is -2.08. The maximum Gasteiger partial charge on any atom is 0.314 e. The Balaban J connectivity index is 1.67. The highest BCUT2D eigenvalue weighted by Gasteiger charge is 2.18. The zero-order chi connectivity index (χ0) is 21.0. The molecular formula is C19H17ClN4O5. The van der Waals surface area contributed by atoms with E-state index in [1.165, 1.54) is 30.0 Å². The summed E-state index contributed by atoms with van der Waals surface area (Å²) >= 11 is 5.89. The second-order valence-corrected chi connectivity index (χ2v) is 6.41. The smallest absolute Gasteiger partial charge is 0.314 e. The van der Waals surface area contributed by atoms with Gasteiger partial charge in [0, 0.05) is 23.7 Å². The Morgan fingerprint density at radius 3 is 2.62 bits per heavy atom. The first-order valence-electron chi connectivity index (χ1n) is 8.42. The number of ether oxygens (including phenoxy) is 2. The summed E-state index contributed by atoms with van der Waals surface area (Å²) in [6.07, 6.45) is 0. The van der Waals surface area contributed by atoms with Crippen molar-refractivity contribution in [2.24, 2.45) is 7.05 Å². The van der Waals surface area contributed by atoms with Crippen LogP contribution in [-0.2, 0) is 11.8 Å². The number of hydrogen-bond acceptors (Lipinski definition) is 6. The first kappa shape index (κ1) is 20.2. The van der Waals surface area contributed by atoms with Crippen LogP contribution in [0.3, 0.4) is 0 Å². The number of carbonyl (C=O) groups excluding carboxylic acids is 1. The molecule has 29 heavy (non-hydrogen) atoms. The summed E-state index contributed by atoms with van der Waals surface area (Å²) in [5.41, 5.74) is 1.21. The third-order valence-corrected chi connectivity index (χ3v) is 4.26. The SMILES string of the molecule is COc1ccc(OCC(=O)Nc2cc(-c3ccc(Cl)cc3)nn2C)c([N+](=O)[O-])c1. The zero-order valence-electron chi connectivity index (χ0n) is 15.6. The molecule has 1 N–H and O–H groups in total. The lowest BCUT2D eigenvalue weighted by molar-refractivity contribution is -0.385. The quantitative estimate of drug-likeness (QED) is 0.465. The van der Waals surface area contributed by atoms with Gasteiger partial charge >= 0.3 is 5.69 Å². The largest absolute Gasteiger partial charge is 0.496 e. The van der Waals surface area contributed by atoms with E-state index in [0.717, 1.165) is 5.56 Å². The number of halogens is 1. The van der Waals surface area contributed by atoms with Gasteiger partial charge in [0.2, 0.25) is 0 Å². The minimum absolute atomic E-state index is 0.0298. The molecule has 0 saturated carbocycles. The number of hydrogen-bond donors (Lipinski definition) is 1. The number of anilines is 1. The summed E-state index contributed by atoms with van der Waals surface area (Å²) in [5.74, 6) is 0.254. The van der Waals surface area contributed by atoms with E-state index in [2.05, 4.69) is 10.4 Å². The number of nitro benzene ring substituents is 1. The topological polar surface area (TPSA) is 109 Å². The molecule has 0 fully saturated rings. The molecule has 0 bridgehead atoms. The van der Waals surface area contributed by atoms with Crippen LogP contribution in [0.1, 0.15) is 0 Å². The number of benzene rings is 2. The van der Waals surface area contributed by atoms with Gasteiger partial charge < -0.3 is 14.8 Å². The van der Waals surface area contributed by atoms with Gasteiger partial charge in [0.15, 0.2) is 12.4 Å². The number of methoxy groups -OCH3 is 1. The van der Waals surface area contributed by atoms with E-state index in [9.17, 15) is 14.9 Å². The third-order valence-electron chi connectivity index (χ3n) is 4.01. The van der Waals surface area contributed by atoms with Crippen molar-refractivity contribution in [3.05, 3.63) is 63.7 Å². The van der Waals surface area contributed by atoms with E-state index in [-0.39, 0.29) is 11.4 Å². The third kappa shape index (κ3) is 4.82. The van der Waals surface area contributed by atoms with Crippen LogP contribution in [0.25, 0.3) is 11.3 Å². The highest BCUT2D eigenvalue weighted by molar-refractivity contribution is 6.30. The minimum atomic E-state index is -0.602.